The van der Waals surface area contributed by atoms with Crippen molar-refractivity contribution in [2.75, 3.05) is 43.6 Å². The lowest BCUT2D eigenvalue weighted by Crippen LogP contribution is -2.28. The molecule has 0 unspecified atom stereocenters. The summed E-state index contributed by atoms with van der Waals surface area (Å²) in [5.41, 5.74) is 1.83. The predicted molar refractivity (Wildman–Crippen MR) is 89.0 cm³/mol. The average Bonchev–Trinajstić information content (AvgIpc) is 2.56. The lowest BCUT2D eigenvalue weighted by molar-refractivity contribution is 0.310. The second-order valence-electron chi connectivity index (χ2n) is 5.38. The summed E-state index contributed by atoms with van der Waals surface area (Å²) in [6.45, 7) is 3.08. The first-order valence-corrected chi connectivity index (χ1v) is 7.50. The molecule has 3 N–H and O–H groups in total. The fourth-order valence-electron chi connectivity index (χ4n) is 2.47. The van der Waals surface area contributed by atoms with Crippen molar-refractivity contribution in [2.24, 2.45) is 0 Å². The lowest BCUT2D eigenvalue weighted by atomic mass is 10.2. The number of ether oxygens (including phenoxy) is 2. The van der Waals surface area contributed by atoms with Crippen LogP contribution in [0.3, 0.4) is 0 Å². The predicted octanol–water partition coefficient (Wildman–Crippen LogP) is 2.42. The summed E-state index contributed by atoms with van der Waals surface area (Å²) in [4.78, 5) is 2.07. The minimum atomic E-state index is 0.266. The summed E-state index contributed by atoms with van der Waals surface area (Å²) in [6, 6.07) is 10.2. The molecule has 0 saturated carbocycles. The Hall–Kier alpha value is -2.76. The molecule has 23 heavy (non-hydrogen) atoms. The Bertz CT molecular complexity index is 690. The van der Waals surface area contributed by atoms with Crippen molar-refractivity contribution >= 4 is 11.4 Å². The van der Waals surface area contributed by atoms with Gasteiger partial charge >= 0.3 is 0 Å². The fraction of sp³-hybridized carbons (Fsp3) is 0.294. The molecule has 122 valence electrons. The number of hydrogen-bond donors (Lipinski definition) is 3. The Morgan fingerprint density at radius 1 is 0.957 bits per heavy atom. The van der Waals surface area contributed by atoms with Crippen LogP contribution < -0.4 is 19.7 Å². The zero-order valence-electron chi connectivity index (χ0n) is 13.0. The van der Waals surface area contributed by atoms with Gasteiger partial charge in [0.05, 0.1) is 17.9 Å². The fourth-order valence-corrected chi connectivity index (χ4v) is 2.47. The van der Waals surface area contributed by atoms with Crippen LogP contribution in [0.1, 0.15) is 0 Å². The topological polar surface area (TPSA) is 74.2 Å². The monoisotopic (exact) mass is 316 g/mol. The molecule has 0 aromatic heterocycles. The van der Waals surface area contributed by atoms with Gasteiger partial charge in [-0.05, 0) is 24.3 Å². The number of nitrogens with one attached hydrogen (secondary N) is 1. The van der Waals surface area contributed by atoms with Crippen LogP contribution in [0.5, 0.6) is 23.0 Å². The van der Waals surface area contributed by atoms with Gasteiger partial charge in [-0.1, -0.05) is 0 Å². The highest BCUT2D eigenvalue weighted by Gasteiger charge is 2.14. The zero-order chi connectivity index (χ0) is 16.2. The SMILES string of the molecule is CN1CCOc2ccc(O)cc21.Oc1ccc2c(c1)NCCO2. The summed E-state index contributed by atoms with van der Waals surface area (Å²) < 4.78 is 10.7. The van der Waals surface area contributed by atoms with E-state index in [0.29, 0.717) is 13.2 Å². The van der Waals surface area contributed by atoms with Crippen molar-refractivity contribution in [3.8, 4) is 23.0 Å². The summed E-state index contributed by atoms with van der Waals surface area (Å²) in [5.74, 6) is 2.21. The maximum absolute atomic E-state index is 9.22. The second kappa shape index (κ2) is 6.56. The zero-order valence-corrected chi connectivity index (χ0v) is 13.0. The van der Waals surface area contributed by atoms with E-state index in [4.69, 9.17) is 14.6 Å². The van der Waals surface area contributed by atoms with Gasteiger partial charge in [0.15, 0.2) is 0 Å². The van der Waals surface area contributed by atoms with E-state index >= 15 is 0 Å². The van der Waals surface area contributed by atoms with Gasteiger partial charge in [-0.15, -0.1) is 0 Å². The highest BCUT2D eigenvalue weighted by molar-refractivity contribution is 5.62. The minimum Gasteiger partial charge on any atom is -0.508 e. The van der Waals surface area contributed by atoms with E-state index in [1.54, 1.807) is 36.4 Å². The van der Waals surface area contributed by atoms with Crippen LogP contribution in [0.2, 0.25) is 0 Å². The number of phenols is 2. The molecule has 0 bridgehead atoms. The molecule has 0 radical (unpaired) electrons. The first-order chi connectivity index (χ1) is 11.1. The second-order valence-corrected chi connectivity index (χ2v) is 5.38. The maximum Gasteiger partial charge on any atom is 0.142 e. The third-order valence-corrected chi connectivity index (χ3v) is 3.68. The Kier molecular flexibility index (Phi) is 4.32. The van der Waals surface area contributed by atoms with Gasteiger partial charge in [0.2, 0.25) is 0 Å². The number of phenolic OH excluding ortho intramolecular Hbond substituents is 2. The number of anilines is 2. The van der Waals surface area contributed by atoms with Gasteiger partial charge in [0.1, 0.15) is 36.2 Å². The first-order valence-electron chi connectivity index (χ1n) is 7.50. The number of likely N-dealkylation sites (N-methyl/N-ethyl adjacent to an activating group) is 1. The maximum atomic E-state index is 9.22. The molecule has 0 amide bonds. The van der Waals surface area contributed by atoms with Gasteiger partial charge in [-0.3, -0.25) is 0 Å². The minimum absolute atomic E-state index is 0.266. The van der Waals surface area contributed by atoms with E-state index in [0.717, 1.165) is 36.0 Å². The molecule has 2 aliphatic rings. The van der Waals surface area contributed by atoms with E-state index < -0.39 is 0 Å². The number of rotatable bonds is 0. The number of hydrogen-bond acceptors (Lipinski definition) is 6. The lowest BCUT2D eigenvalue weighted by Gasteiger charge is -2.27. The normalized spacial score (nSPS) is 14.9. The van der Waals surface area contributed by atoms with Crippen molar-refractivity contribution in [3.05, 3.63) is 36.4 Å². The third-order valence-electron chi connectivity index (χ3n) is 3.68. The third kappa shape index (κ3) is 3.53. The number of aromatic hydroxyl groups is 2. The molecular formula is C17H20N2O4. The van der Waals surface area contributed by atoms with Gasteiger partial charge in [-0.25, -0.2) is 0 Å². The molecule has 2 heterocycles. The van der Waals surface area contributed by atoms with E-state index in [9.17, 15) is 5.11 Å². The molecule has 2 aromatic carbocycles. The van der Waals surface area contributed by atoms with Crippen molar-refractivity contribution in [2.45, 2.75) is 0 Å². The van der Waals surface area contributed by atoms with Crippen molar-refractivity contribution in [3.63, 3.8) is 0 Å². The van der Waals surface area contributed by atoms with Crippen LogP contribution >= 0.6 is 0 Å². The van der Waals surface area contributed by atoms with Crippen LogP contribution in [0.25, 0.3) is 0 Å². The molecule has 4 rings (SSSR count). The largest absolute Gasteiger partial charge is 0.508 e. The average molecular weight is 316 g/mol. The Morgan fingerprint density at radius 3 is 2.48 bits per heavy atom. The summed E-state index contributed by atoms with van der Waals surface area (Å²) in [7, 11) is 1.99. The first kappa shape index (κ1) is 15.1. The molecule has 6 heteroatoms. The highest BCUT2D eigenvalue weighted by Crippen LogP contribution is 2.33. The van der Waals surface area contributed by atoms with E-state index in [1.165, 1.54) is 0 Å². The Labute approximate surface area is 134 Å². The Morgan fingerprint density at radius 2 is 1.65 bits per heavy atom. The molecular weight excluding hydrogens is 296 g/mol. The van der Waals surface area contributed by atoms with Crippen molar-refractivity contribution in [1.29, 1.82) is 0 Å². The number of benzene rings is 2. The number of nitrogens with zero attached hydrogens (tertiary/aromatic N) is 1. The molecule has 0 fully saturated rings. The van der Waals surface area contributed by atoms with Crippen molar-refractivity contribution in [1.82, 2.24) is 0 Å². The summed E-state index contributed by atoms with van der Waals surface area (Å²) in [6.07, 6.45) is 0. The van der Waals surface area contributed by atoms with Crippen LogP contribution in [0, 0.1) is 0 Å². The summed E-state index contributed by atoms with van der Waals surface area (Å²) >= 11 is 0. The van der Waals surface area contributed by atoms with Crippen molar-refractivity contribution < 1.29 is 19.7 Å². The van der Waals surface area contributed by atoms with Crippen LogP contribution in [0.4, 0.5) is 11.4 Å². The highest BCUT2D eigenvalue weighted by atomic mass is 16.5. The molecule has 6 nitrogen and oxygen atoms in total. The van der Waals surface area contributed by atoms with Gasteiger partial charge in [0, 0.05) is 25.7 Å². The number of fused-ring (bicyclic) bond motifs is 2. The molecule has 0 spiro atoms. The molecule has 0 saturated heterocycles. The quantitative estimate of drug-likeness (QED) is 0.693. The smallest absolute Gasteiger partial charge is 0.142 e. The van der Waals surface area contributed by atoms with Crippen LogP contribution in [-0.4, -0.2) is 43.6 Å². The van der Waals surface area contributed by atoms with E-state index in [-0.39, 0.29) is 11.5 Å². The molecule has 2 aliphatic heterocycles. The van der Waals surface area contributed by atoms with Crippen LogP contribution in [0.15, 0.2) is 36.4 Å². The molecule has 0 atom stereocenters. The van der Waals surface area contributed by atoms with E-state index in [1.807, 2.05) is 7.05 Å². The van der Waals surface area contributed by atoms with Gasteiger partial charge < -0.3 is 29.9 Å². The Balaban J connectivity index is 0.000000136. The molecule has 2 aromatic rings. The summed E-state index contributed by atoms with van der Waals surface area (Å²) in [5, 5.41) is 21.4. The molecule has 0 aliphatic carbocycles. The standard InChI is InChI=1S/C9H11NO2.C8H9NO2/c1-10-4-5-12-9-3-2-7(11)6-8(9)10;10-6-1-2-8-7(5-6)9-3-4-11-8/h2-3,6,11H,4-5H2,1H3;1-2,5,9-10H,3-4H2. The van der Waals surface area contributed by atoms with E-state index in [2.05, 4.69) is 10.2 Å². The van der Waals surface area contributed by atoms with Gasteiger partial charge in [-0.2, -0.15) is 0 Å². The van der Waals surface area contributed by atoms with Gasteiger partial charge in [0.25, 0.3) is 0 Å². The van der Waals surface area contributed by atoms with Crippen LogP contribution in [-0.2, 0) is 0 Å².